The number of esters is 2. The quantitative estimate of drug-likeness (QED) is 0.403. The number of ether oxygens (including phenoxy) is 4. The Hall–Kier alpha value is -1.18. The highest BCUT2D eigenvalue weighted by Gasteiger charge is 2.17. The molecule has 0 aromatic carbocycles. The van der Waals surface area contributed by atoms with E-state index in [-0.39, 0.29) is 19.4 Å². The van der Waals surface area contributed by atoms with E-state index < -0.39 is 11.9 Å². The van der Waals surface area contributed by atoms with Crippen LogP contribution in [0.2, 0.25) is 0 Å². The van der Waals surface area contributed by atoms with E-state index in [2.05, 4.69) is 9.47 Å². The molecule has 0 saturated heterocycles. The van der Waals surface area contributed by atoms with Crippen molar-refractivity contribution < 1.29 is 28.5 Å². The van der Waals surface area contributed by atoms with E-state index in [4.69, 9.17) is 9.47 Å². The van der Waals surface area contributed by atoms with Crippen molar-refractivity contribution in [2.45, 2.75) is 26.6 Å². The Morgan fingerprint density at radius 3 is 1.75 bits per heavy atom. The largest absolute Gasteiger partial charge is 0.468 e. The van der Waals surface area contributed by atoms with Crippen LogP contribution < -0.4 is 0 Å². The van der Waals surface area contributed by atoms with Crippen molar-refractivity contribution >= 4 is 11.9 Å². The fraction of sp³-hybridized carbons (Fsp3) is 0.846. The van der Waals surface area contributed by atoms with E-state index in [1.54, 1.807) is 4.90 Å². The standard InChI is InChI=1S/C13H25NO6/c1-5-19-13(20-6-2)7-8-14(9-11(15)17-3)10-12(16)18-4/h13H,5-10H2,1-4H3. The minimum absolute atomic E-state index is 0.0244. The molecular formula is C13H25NO6. The molecule has 0 aromatic heterocycles. The minimum atomic E-state index is -0.404. The van der Waals surface area contributed by atoms with Gasteiger partial charge in [0.2, 0.25) is 0 Å². The van der Waals surface area contributed by atoms with Crippen molar-refractivity contribution in [3.05, 3.63) is 0 Å². The van der Waals surface area contributed by atoms with Crippen molar-refractivity contribution in [2.24, 2.45) is 0 Å². The molecule has 7 heteroatoms. The van der Waals surface area contributed by atoms with Crippen LogP contribution in [0.1, 0.15) is 20.3 Å². The molecule has 0 rings (SSSR count). The van der Waals surface area contributed by atoms with Gasteiger partial charge in [-0.15, -0.1) is 0 Å². The monoisotopic (exact) mass is 291 g/mol. The van der Waals surface area contributed by atoms with E-state index in [1.165, 1.54) is 14.2 Å². The van der Waals surface area contributed by atoms with Crippen molar-refractivity contribution in [2.75, 3.05) is 47.1 Å². The first-order chi connectivity index (χ1) is 9.57. The van der Waals surface area contributed by atoms with Gasteiger partial charge >= 0.3 is 11.9 Å². The second-order valence-electron chi connectivity index (χ2n) is 3.99. The Labute approximate surface area is 120 Å². The molecule has 0 spiro atoms. The lowest BCUT2D eigenvalue weighted by Crippen LogP contribution is -2.38. The Bertz CT molecular complexity index is 260. The van der Waals surface area contributed by atoms with Gasteiger partial charge in [0.25, 0.3) is 0 Å². The number of methoxy groups -OCH3 is 2. The fourth-order valence-corrected chi connectivity index (χ4v) is 1.58. The highest BCUT2D eigenvalue weighted by Crippen LogP contribution is 2.04. The summed E-state index contributed by atoms with van der Waals surface area (Å²) in [6.07, 6.45) is 0.207. The lowest BCUT2D eigenvalue weighted by atomic mass is 10.3. The molecular weight excluding hydrogens is 266 g/mol. The van der Waals surface area contributed by atoms with Crippen LogP contribution in [0, 0.1) is 0 Å². The van der Waals surface area contributed by atoms with Gasteiger partial charge in [-0.1, -0.05) is 0 Å². The van der Waals surface area contributed by atoms with Crippen LogP contribution in [0.4, 0.5) is 0 Å². The third-order valence-electron chi connectivity index (χ3n) is 2.55. The minimum Gasteiger partial charge on any atom is -0.468 e. The summed E-state index contributed by atoms with van der Waals surface area (Å²) in [6.45, 7) is 5.36. The molecule has 0 atom stereocenters. The molecule has 0 aliphatic heterocycles. The first-order valence-corrected chi connectivity index (χ1v) is 6.66. The summed E-state index contributed by atoms with van der Waals surface area (Å²) in [5.41, 5.74) is 0. The highest BCUT2D eigenvalue weighted by atomic mass is 16.7. The second kappa shape index (κ2) is 11.6. The van der Waals surface area contributed by atoms with E-state index >= 15 is 0 Å². The van der Waals surface area contributed by atoms with Gasteiger partial charge in [-0.05, 0) is 13.8 Å². The van der Waals surface area contributed by atoms with E-state index in [1.807, 2.05) is 13.8 Å². The molecule has 118 valence electrons. The molecule has 0 aromatic rings. The lowest BCUT2D eigenvalue weighted by Gasteiger charge is -2.23. The molecule has 0 N–H and O–H groups in total. The molecule has 0 amide bonds. The summed E-state index contributed by atoms with van der Waals surface area (Å²) in [4.78, 5) is 24.3. The highest BCUT2D eigenvalue weighted by molar-refractivity contribution is 5.74. The maximum Gasteiger partial charge on any atom is 0.319 e. The van der Waals surface area contributed by atoms with Gasteiger partial charge in [0, 0.05) is 26.2 Å². The van der Waals surface area contributed by atoms with E-state index in [0.29, 0.717) is 26.2 Å². The smallest absolute Gasteiger partial charge is 0.319 e. The molecule has 7 nitrogen and oxygen atoms in total. The van der Waals surface area contributed by atoms with Crippen LogP contribution in [0.15, 0.2) is 0 Å². The summed E-state index contributed by atoms with van der Waals surface area (Å²) < 4.78 is 20.0. The van der Waals surface area contributed by atoms with Crippen LogP contribution in [-0.4, -0.2) is 70.2 Å². The van der Waals surface area contributed by atoms with Crippen molar-refractivity contribution in [1.29, 1.82) is 0 Å². The Kier molecular flexibility index (Phi) is 10.9. The average Bonchev–Trinajstić information content (AvgIpc) is 2.44. The Morgan fingerprint density at radius 1 is 0.950 bits per heavy atom. The summed E-state index contributed by atoms with van der Waals surface area (Å²) in [7, 11) is 2.61. The first kappa shape index (κ1) is 18.8. The van der Waals surface area contributed by atoms with Crippen molar-refractivity contribution in [3.8, 4) is 0 Å². The van der Waals surface area contributed by atoms with Gasteiger partial charge in [-0.3, -0.25) is 14.5 Å². The third kappa shape index (κ3) is 8.84. The molecule has 0 aliphatic carbocycles. The SMILES string of the molecule is CCOC(CCN(CC(=O)OC)CC(=O)OC)OCC. The summed E-state index contributed by atoms with van der Waals surface area (Å²) >= 11 is 0. The molecule has 0 bridgehead atoms. The molecule has 0 heterocycles. The van der Waals surface area contributed by atoms with Gasteiger partial charge in [0.05, 0.1) is 27.3 Å². The summed E-state index contributed by atoms with van der Waals surface area (Å²) in [5.74, 6) is -0.809. The number of carbonyl (C=O) groups excluding carboxylic acids is 2. The molecule has 0 aliphatic rings. The lowest BCUT2D eigenvalue weighted by molar-refractivity contribution is -0.151. The maximum atomic E-state index is 11.3. The van der Waals surface area contributed by atoms with Crippen LogP contribution >= 0.6 is 0 Å². The average molecular weight is 291 g/mol. The Morgan fingerprint density at radius 2 is 1.40 bits per heavy atom. The normalized spacial score (nSPS) is 10.9. The zero-order valence-electron chi connectivity index (χ0n) is 12.7. The molecule has 0 unspecified atom stereocenters. The zero-order valence-corrected chi connectivity index (χ0v) is 12.7. The van der Waals surface area contributed by atoms with Gasteiger partial charge in [0.1, 0.15) is 0 Å². The number of carbonyl (C=O) groups is 2. The summed E-state index contributed by atoms with van der Waals surface area (Å²) in [6, 6.07) is 0. The number of hydrogen-bond donors (Lipinski definition) is 0. The first-order valence-electron chi connectivity index (χ1n) is 6.66. The molecule has 0 radical (unpaired) electrons. The molecule has 0 saturated carbocycles. The van der Waals surface area contributed by atoms with Crippen LogP contribution in [0.25, 0.3) is 0 Å². The van der Waals surface area contributed by atoms with Gasteiger partial charge < -0.3 is 18.9 Å². The summed E-state index contributed by atoms with van der Waals surface area (Å²) in [5, 5.41) is 0. The maximum absolute atomic E-state index is 11.3. The topological polar surface area (TPSA) is 74.3 Å². The van der Waals surface area contributed by atoms with Crippen molar-refractivity contribution in [3.63, 3.8) is 0 Å². The van der Waals surface area contributed by atoms with Gasteiger partial charge in [-0.2, -0.15) is 0 Å². The fourth-order valence-electron chi connectivity index (χ4n) is 1.58. The van der Waals surface area contributed by atoms with Crippen molar-refractivity contribution in [1.82, 2.24) is 4.90 Å². The number of rotatable bonds is 11. The third-order valence-corrected chi connectivity index (χ3v) is 2.55. The molecule has 0 fully saturated rings. The predicted molar refractivity (Wildman–Crippen MR) is 72.1 cm³/mol. The second-order valence-corrected chi connectivity index (χ2v) is 3.99. The number of hydrogen-bond acceptors (Lipinski definition) is 7. The van der Waals surface area contributed by atoms with E-state index in [0.717, 1.165) is 0 Å². The zero-order chi connectivity index (χ0) is 15.4. The molecule has 20 heavy (non-hydrogen) atoms. The van der Waals surface area contributed by atoms with Gasteiger partial charge in [-0.25, -0.2) is 0 Å². The van der Waals surface area contributed by atoms with Crippen LogP contribution in [-0.2, 0) is 28.5 Å². The van der Waals surface area contributed by atoms with Crippen LogP contribution in [0.3, 0.4) is 0 Å². The van der Waals surface area contributed by atoms with E-state index in [9.17, 15) is 9.59 Å². The Balaban J connectivity index is 4.37. The van der Waals surface area contributed by atoms with Crippen LogP contribution in [0.5, 0.6) is 0 Å². The van der Waals surface area contributed by atoms with Gasteiger partial charge in [0.15, 0.2) is 6.29 Å². The predicted octanol–water partition coefficient (Wildman–Crippen LogP) is 0.424. The number of nitrogens with zero attached hydrogens (tertiary/aromatic N) is 1.